The van der Waals surface area contributed by atoms with Crippen LogP contribution in [0.2, 0.25) is 0 Å². The molecule has 1 atom stereocenters. The zero-order chi connectivity index (χ0) is 18.0. The number of dihydropyridines is 1. The van der Waals surface area contributed by atoms with Crippen LogP contribution in [0.4, 0.5) is 0 Å². The van der Waals surface area contributed by atoms with Gasteiger partial charge in [0.05, 0.1) is 23.2 Å². The van der Waals surface area contributed by atoms with Crippen molar-refractivity contribution >= 4 is 11.9 Å². The molecule has 0 saturated heterocycles. The monoisotopic (exact) mass is 329 g/mol. The topological polar surface area (TPSA) is 75.6 Å². The standard InChI is InChI=1S/C19H23NO4/c1-10(2)24-19(23)16-13(5)20-12(4)15(18(21)22)17(16)14-8-6-11(3)7-9-14/h6-10,17,20H,1-5H3,(H,21,22). The lowest BCUT2D eigenvalue weighted by atomic mass is 9.80. The van der Waals surface area contributed by atoms with Gasteiger partial charge in [0.15, 0.2) is 0 Å². The molecular weight excluding hydrogens is 306 g/mol. The molecule has 0 radical (unpaired) electrons. The number of hydrogen-bond acceptors (Lipinski definition) is 4. The predicted molar refractivity (Wildman–Crippen MR) is 91.3 cm³/mol. The van der Waals surface area contributed by atoms with Gasteiger partial charge in [-0.2, -0.15) is 0 Å². The molecule has 0 aromatic heterocycles. The maximum absolute atomic E-state index is 12.6. The third-order valence-corrected chi connectivity index (χ3v) is 3.96. The Morgan fingerprint density at radius 3 is 2.08 bits per heavy atom. The summed E-state index contributed by atoms with van der Waals surface area (Å²) in [5.74, 6) is -2.20. The third-order valence-electron chi connectivity index (χ3n) is 3.96. The van der Waals surface area contributed by atoms with E-state index in [9.17, 15) is 14.7 Å². The van der Waals surface area contributed by atoms with E-state index in [1.807, 2.05) is 31.2 Å². The summed E-state index contributed by atoms with van der Waals surface area (Å²) < 4.78 is 5.35. The summed E-state index contributed by atoms with van der Waals surface area (Å²) >= 11 is 0. The highest BCUT2D eigenvalue weighted by atomic mass is 16.5. The maximum atomic E-state index is 12.6. The number of ether oxygens (including phenoxy) is 1. The van der Waals surface area contributed by atoms with E-state index in [1.165, 1.54) is 0 Å². The van der Waals surface area contributed by atoms with Gasteiger partial charge in [-0.25, -0.2) is 9.59 Å². The molecule has 1 heterocycles. The van der Waals surface area contributed by atoms with Crippen LogP contribution < -0.4 is 5.32 Å². The van der Waals surface area contributed by atoms with Gasteiger partial charge in [-0.05, 0) is 40.2 Å². The van der Waals surface area contributed by atoms with Crippen LogP contribution in [0.5, 0.6) is 0 Å². The Morgan fingerprint density at radius 1 is 1.04 bits per heavy atom. The van der Waals surface area contributed by atoms with E-state index in [4.69, 9.17) is 4.74 Å². The number of aryl methyl sites for hydroxylation is 1. The number of allylic oxidation sites excluding steroid dienone is 2. The zero-order valence-corrected chi connectivity index (χ0v) is 14.6. The third kappa shape index (κ3) is 3.50. The molecule has 0 spiro atoms. The van der Waals surface area contributed by atoms with E-state index in [0.717, 1.165) is 11.1 Å². The lowest BCUT2D eigenvalue weighted by Crippen LogP contribution is -2.32. The summed E-state index contributed by atoms with van der Waals surface area (Å²) in [6.45, 7) is 8.97. The molecule has 5 heteroatoms. The average molecular weight is 329 g/mol. The van der Waals surface area contributed by atoms with Crippen molar-refractivity contribution in [1.82, 2.24) is 5.32 Å². The Morgan fingerprint density at radius 2 is 1.58 bits per heavy atom. The molecule has 2 rings (SSSR count). The molecule has 1 unspecified atom stereocenters. The Balaban J connectivity index is 2.61. The van der Waals surface area contributed by atoms with E-state index in [-0.39, 0.29) is 11.7 Å². The normalized spacial score (nSPS) is 17.8. The molecule has 128 valence electrons. The Hall–Kier alpha value is -2.56. The predicted octanol–water partition coefficient (Wildman–Crippen LogP) is 3.27. The summed E-state index contributed by atoms with van der Waals surface area (Å²) in [4.78, 5) is 24.4. The van der Waals surface area contributed by atoms with Crippen molar-refractivity contribution < 1.29 is 19.4 Å². The number of nitrogens with one attached hydrogen (secondary N) is 1. The van der Waals surface area contributed by atoms with Crippen LogP contribution >= 0.6 is 0 Å². The Labute approximate surface area is 142 Å². The molecule has 0 saturated carbocycles. The van der Waals surface area contributed by atoms with Gasteiger partial charge in [-0.15, -0.1) is 0 Å². The highest BCUT2D eigenvalue weighted by Crippen LogP contribution is 2.38. The lowest BCUT2D eigenvalue weighted by molar-refractivity contribution is -0.143. The van der Waals surface area contributed by atoms with Crippen LogP contribution in [0.15, 0.2) is 46.8 Å². The fraction of sp³-hybridized carbons (Fsp3) is 0.368. The quantitative estimate of drug-likeness (QED) is 0.829. The van der Waals surface area contributed by atoms with Gasteiger partial charge < -0.3 is 15.2 Å². The first kappa shape index (κ1) is 17.8. The highest BCUT2D eigenvalue weighted by molar-refractivity contribution is 5.99. The minimum atomic E-state index is -1.05. The lowest BCUT2D eigenvalue weighted by Gasteiger charge is -2.30. The fourth-order valence-corrected chi connectivity index (χ4v) is 2.92. The van der Waals surface area contributed by atoms with Crippen LogP contribution in [0.3, 0.4) is 0 Å². The SMILES string of the molecule is CC1=C(C(=O)O)C(c2ccc(C)cc2)C(C(=O)OC(C)C)=C(C)N1. The van der Waals surface area contributed by atoms with E-state index in [0.29, 0.717) is 17.0 Å². The number of carbonyl (C=O) groups is 2. The van der Waals surface area contributed by atoms with Gasteiger partial charge in [-0.3, -0.25) is 0 Å². The number of carbonyl (C=O) groups excluding carboxylic acids is 1. The number of hydrogen-bond donors (Lipinski definition) is 2. The molecule has 1 aromatic carbocycles. The average Bonchev–Trinajstić information content (AvgIpc) is 2.45. The molecule has 0 amide bonds. The van der Waals surface area contributed by atoms with Gasteiger partial charge in [0.1, 0.15) is 0 Å². The first-order valence-electron chi connectivity index (χ1n) is 7.91. The molecule has 0 aliphatic carbocycles. The van der Waals surface area contributed by atoms with Crippen molar-refractivity contribution in [3.63, 3.8) is 0 Å². The highest BCUT2D eigenvalue weighted by Gasteiger charge is 2.37. The molecular formula is C19H23NO4. The van der Waals surface area contributed by atoms with E-state index < -0.39 is 17.9 Å². The molecule has 0 fully saturated rings. The Kier molecular flexibility index (Phi) is 5.12. The number of aliphatic carboxylic acids is 1. The summed E-state index contributed by atoms with van der Waals surface area (Å²) in [5.41, 5.74) is 3.49. The second-order valence-corrected chi connectivity index (χ2v) is 6.31. The fourth-order valence-electron chi connectivity index (χ4n) is 2.92. The van der Waals surface area contributed by atoms with Crippen LogP contribution in [0, 0.1) is 6.92 Å². The zero-order valence-electron chi connectivity index (χ0n) is 14.6. The first-order valence-corrected chi connectivity index (χ1v) is 7.91. The molecule has 0 bridgehead atoms. The summed E-state index contributed by atoms with van der Waals surface area (Å²) in [6, 6.07) is 7.54. The van der Waals surface area contributed by atoms with E-state index in [2.05, 4.69) is 5.32 Å². The molecule has 24 heavy (non-hydrogen) atoms. The van der Waals surface area contributed by atoms with Crippen LogP contribution in [-0.4, -0.2) is 23.1 Å². The van der Waals surface area contributed by atoms with Crippen molar-refractivity contribution in [2.75, 3.05) is 0 Å². The van der Waals surface area contributed by atoms with Crippen molar-refractivity contribution in [1.29, 1.82) is 0 Å². The second-order valence-electron chi connectivity index (χ2n) is 6.31. The van der Waals surface area contributed by atoms with Gasteiger partial charge >= 0.3 is 11.9 Å². The van der Waals surface area contributed by atoms with Crippen molar-refractivity contribution in [3.8, 4) is 0 Å². The van der Waals surface area contributed by atoms with E-state index >= 15 is 0 Å². The minimum Gasteiger partial charge on any atom is -0.478 e. The summed E-state index contributed by atoms with van der Waals surface area (Å²) in [7, 11) is 0. The smallest absolute Gasteiger partial charge is 0.337 e. The van der Waals surface area contributed by atoms with Gasteiger partial charge in [0, 0.05) is 11.4 Å². The number of benzene rings is 1. The molecule has 2 N–H and O–H groups in total. The number of rotatable bonds is 4. The van der Waals surface area contributed by atoms with Gasteiger partial charge in [0.2, 0.25) is 0 Å². The number of esters is 1. The van der Waals surface area contributed by atoms with Crippen molar-refractivity contribution in [3.05, 3.63) is 57.9 Å². The summed E-state index contributed by atoms with van der Waals surface area (Å²) in [6.07, 6.45) is -0.281. The summed E-state index contributed by atoms with van der Waals surface area (Å²) in [5, 5.41) is 12.7. The Bertz CT molecular complexity index is 726. The second kappa shape index (κ2) is 6.91. The van der Waals surface area contributed by atoms with Crippen LogP contribution in [-0.2, 0) is 14.3 Å². The largest absolute Gasteiger partial charge is 0.478 e. The minimum absolute atomic E-state index is 0.167. The molecule has 1 aliphatic rings. The van der Waals surface area contributed by atoms with Crippen LogP contribution in [0.1, 0.15) is 44.7 Å². The maximum Gasteiger partial charge on any atom is 0.337 e. The van der Waals surface area contributed by atoms with Crippen molar-refractivity contribution in [2.24, 2.45) is 0 Å². The van der Waals surface area contributed by atoms with E-state index in [1.54, 1.807) is 27.7 Å². The van der Waals surface area contributed by atoms with Crippen molar-refractivity contribution in [2.45, 2.75) is 46.6 Å². The molecule has 1 aromatic rings. The number of carboxylic acid groups (broad SMARTS) is 1. The van der Waals surface area contributed by atoms with Gasteiger partial charge in [-0.1, -0.05) is 29.8 Å². The first-order chi connectivity index (χ1) is 11.2. The molecule has 1 aliphatic heterocycles. The molecule has 5 nitrogen and oxygen atoms in total. The number of carboxylic acids is 1. The van der Waals surface area contributed by atoms with Crippen LogP contribution in [0.25, 0.3) is 0 Å². The van der Waals surface area contributed by atoms with Gasteiger partial charge in [0.25, 0.3) is 0 Å².